The molecule has 0 aliphatic carbocycles. The lowest BCUT2D eigenvalue weighted by Crippen LogP contribution is -2.47. The van der Waals surface area contributed by atoms with Gasteiger partial charge in [0, 0.05) is 12.1 Å². The predicted octanol–water partition coefficient (Wildman–Crippen LogP) is 4.20. The Kier molecular flexibility index (Phi) is 6.27. The highest BCUT2D eigenvalue weighted by molar-refractivity contribution is 5.68. The van der Waals surface area contributed by atoms with Crippen LogP contribution >= 0.6 is 0 Å². The van der Waals surface area contributed by atoms with Gasteiger partial charge in [-0.05, 0) is 57.2 Å². The molecule has 0 bridgehead atoms. The summed E-state index contributed by atoms with van der Waals surface area (Å²) in [5.41, 5.74) is 1.22. The van der Waals surface area contributed by atoms with Crippen LogP contribution < -0.4 is 5.32 Å². The van der Waals surface area contributed by atoms with E-state index in [2.05, 4.69) is 37.9 Å². The standard InChI is InChI=1S/C20H32N2O2/c1-19(2)10-13-22(14-11-19)15-12-20(3,4)21-18(23)24-16-17-8-6-5-7-9-17/h5-9H,10-16H2,1-4H3,(H,21,23). The van der Waals surface area contributed by atoms with Crippen LogP contribution in [0, 0.1) is 5.41 Å². The van der Waals surface area contributed by atoms with Crippen molar-refractivity contribution in [1.29, 1.82) is 0 Å². The van der Waals surface area contributed by atoms with E-state index in [1.165, 1.54) is 12.8 Å². The second kappa shape index (κ2) is 8.02. The number of ether oxygens (including phenoxy) is 1. The molecule has 4 nitrogen and oxygen atoms in total. The molecule has 0 unspecified atom stereocenters. The highest BCUT2D eigenvalue weighted by Gasteiger charge is 2.27. The molecule has 0 atom stereocenters. The number of likely N-dealkylation sites (tertiary alicyclic amines) is 1. The van der Waals surface area contributed by atoms with Gasteiger partial charge in [0.05, 0.1) is 0 Å². The molecule has 1 saturated heterocycles. The van der Waals surface area contributed by atoms with Crippen LogP contribution in [0.2, 0.25) is 0 Å². The van der Waals surface area contributed by atoms with Gasteiger partial charge in [-0.15, -0.1) is 0 Å². The molecule has 1 heterocycles. The van der Waals surface area contributed by atoms with Crippen LogP contribution in [-0.2, 0) is 11.3 Å². The fourth-order valence-corrected chi connectivity index (χ4v) is 2.92. The van der Waals surface area contributed by atoms with E-state index in [0.29, 0.717) is 12.0 Å². The molecule has 0 aromatic heterocycles. The number of alkyl carbamates (subject to hydrolysis) is 1. The summed E-state index contributed by atoms with van der Waals surface area (Å²) in [6.45, 7) is 12.4. The van der Waals surface area contributed by atoms with Gasteiger partial charge < -0.3 is 15.0 Å². The van der Waals surface area contributed by atoms with Crippen molar-refractivity contribution in [2.45, 2.75) is 59.1 Å². The quantitative estimate of drug-likeness (QED) is 0.849. The summed E-state index contributed by atoms with van der Waals surface area (Å²) < 4.78 is 5.32. The second-order valence-electron chi connectivity index (χ2n) is 8.33. The molecular weight excluding hydrogens is 300 g/mol. The van der Waals surface area contributed by atoms with Crippen LogP contribution in [-0.4, -0.2) is 36.2 Å². The van der Waals surface area contributed by atoms with Crippen LogP contribution in [0.4, 0.5) is 4.79 Å². The maximum Gasteiger partial charge on any atom is 0.407 e. The first kappa shape index (κ1) is 18.8. The highest BCUT2D eigenvalue weighted by atomic mass is 16.5. The third kappa shape index (κ3) is 6.52. The number of hydrogen-bond acceptors (Lipinski definition) is 3. The lowest BCUT2D eigenvalue weighted by Gasteiger charge is -2.38. The largest absolute Gasteiger partial charge is 0.445 e. The third-order valence-electron chi connectivity index (χ3n) is 4.92. The monoisotopic (exact) mass is 332 g/mol. The van der Waals surface area contributed by atoms with Crippen molar-refractivity contribution in [3.05, 3.63) is 35.9 Å². The maximum atomic E-state index is 12.0. The molecule has 1 aromatic carbocycles. The Morgan fingerprint density at radius 1 is 1.21 bits per heavy atom. The van der Waals surface area contributed by atoms with Gasteiger partial charge in [-0.25, -0.2) is 4.79 Å². The van der Waals surface area contributed by atoms with E-state index in [0.717, 1.165) is 31.6 Å². The van der Waals surface area contributed by atoms with Crippen molar-refractivity contribution >= 4 is 6.09 Å². The molecule has 0 radical (unpaired) electrons. The Labute approximate surface area is 146 Å². The average Bonchev–Trinajstić information content (AvgIpc) is 2.52. The number of hydrogen-bond donors (Lipinski definition) is 1. The van der Waals surface area contributed by atoms with Crippen LogP contribution in [0.3, 0.4) is 0 Å². The van der Waals surface area contributed by atoms with Gasteiger partial charge in [-0.2, -0.15) is 0 Å². The first-order valence-electron chi connectivity index (χ1n) is 8.97. The maximum absolute atomic E-state index is 12.0. The summed E-state index contributed by atoms with van der Waals surface area (Å²) in [6.07, 6.45) is 3.08. The molecule has 134 valence electrons. The summed E-state index contributed by atoms with van der Waals surface area (Å²) >= 11 is 0. The van der Waals surface area contributed by atoms with E-state index in [4.69, 9.17) is 4.74 Å². The molecule has 1 aromatic rings. The van der Waals surface area contributed by atoms with E-state index >= 15 is 0 Å². The van der Waals surface area contributed by atoms with Crippen molar-refractivity contribution in [3.63, 3.8) is 0 Å². The summed E-state index contributed by atoms with van der Waals surface area (Å²) in [4.78, 5) is 14.5. The van der Waals surface area contributed by atoms with Crippen LogP contribution in [0.25, 0.3) is 0 Å². The van der Waals surface area contributed by atoms with Gasteiger partial charge in [0.25, 0.3) is 0 Å². The molecule has 1 N–H and O–H groups in total. The van der Waals surface area contributed by atoms with Gasteiger partial charge in [0.1, 0.15) is 6.61 Å². The fraction of sp³-hybridized carbons (Fsp3) is 0.650. The zero-order valence-corrected chi connectivity index (χ0v) is 15.6. The molecular formula is C20H32N2O2. The number of nitrogens with one attached hydrogen (secondary N) is 1. The fourth-order valence-electron chi connectivity index (χ4n) is 2.92. The van der Waals surface area contributed by atoms with Crippen LogP contribution in [0.5, 0.6) is 0 Å². The Balaban J connectivity index is 1.69. The zero-order chi connectivity index (χ0) is 17.6. The Hall–Kier alpha value is -1.55. The molecule has 1 aliphatic rings. The Morgan fingerprint density at radius 3 is 2.46 bits per heavy atom. The molecule has 1 fully saturated rings. The van der Waals surface area contributed by atoms with Crippen molar-refractivity contribution in [2.24, 2.45) is 5.41 Å². The average molecular weight is 332 g/mol. The number of carbonyl (C=O) groups excluding carboxylic acids is 1. The third-order valence-corrected chi connectivity index (χ3v) is 4.92. The lowest BCUT2D eigenvalue weighted by molar-refractivity contribution is 0.112. The van der Waals surface area contributed by atoms with Crippen molar-refractivity contribution < 1.29 is 9.53 Å². The summed E-state index contributed by atoms with van der Waals surface area (Å²) in [7, 11) is 0. The zero-order valence-electron chi connectivity index (χ0n) is 15.6. The molecule has 24 heavy (non-hydrogen) atoms. The Bertz CT molecular complexity index is 516. The number of nitrogens with zero attached hydrogens (tertiary/aromatic N) is 1. The van der Waals surface area contributed by atoms with E-state index in [-0.39, 0.29) is 11.6 Å². The van der Waals surface area contributed by atoms with E-state index in [1.54, 1.807) is 0 Å². The lowest BCUT2D eigenvalue weighted by atomic mass is 9.82. The normalized spacial score (nSPS) is 18.2. The van der Waals surface area contributed by atoms with E-state index < -0.39 is 0 Å². The number of carbonyl (C=O) groups is 1. The van der Waals surface area contributed by atoms with Gasteiger partial charge in [0.2, 0.25) is 0 Å². The molecule has 2 rings (SSSR count). The van der Waals surface area contributed by atoms with Gasteiger partial charge in [-0.1, -0.05) is 44.2 Å². The smallest absolute Gasteiger partial charge is 0.407 e. The minimum atomic E-state index is -0.344. The molecule has 1 aliphatic heterocycles. The van der Waals surface area contributed by atoms with Crippen molar-refractivity contribution in [3.8, 4) is 0 Å². The minimum absolute atomic E-state index is 0.263. The number of piperidine rings is 1. The van der Waals surface area contributed by atoms with E-state index in [9.17, 15) is 4.79 Å². The first-order valence-corrected chi connectivity index (χ1v) is 8.97. The van der Waals surface area contributed by atoms with E-state index in [1.807, 2.05) is 30.3 Å². The van der Waals surface area contributed by atoms with Gasteiger partial charge in [0.15, 0.2) is 0 Å². The van der Waals surface area contributed by atoms with Crippen molar-refractivity contribution in [1.82, 2.24) is 10.2 Å². The first-order chi connectivity index (χ1) is 11.3. The summed E-state index contributed by atoms with van der Waals surface area (Å²) in [6, 6.07) is 9.75. The van der Waals surface area contributed by atoms with Crippen LogP contribution in [0.1, 0.15) is 52.5 Å². The predicted molar refractivity (Wildman–Crippen MR) is 97.9 cm³/mol. The molecule has 0 saturated carbocycles. The Morgan fingerprint density at radius 2 is 1.83 bits per heavy atom. The number of benzene rings is 1. The number of amides is 1. The summed E-state index contributed by atoms with van der Waals surface area (Å²) in [5, 5.41) is 2.99. The van der Waals surface area contributed by atoms with Crippen LogP contribution in [0.15, 0.2) is 30.3 Å². The highest BCUT2D eigenvalue weighted by Crippen LogP contribution is 2.29. The minimum Gasteiger partial charge on any atom is -0.445 e. The SMILES string of the molecule is CC1(C)CCN(CCC(C)(C)NC(=O)OCc2ccccc2)CC1. The van der Waals surface area contributed by atoms with Gasteiger partial charge >= 0.3 is 6.09 Å². The molecule has 4 heteroatoms. The summed E-state index contributed by atoms with van der Waals surface area (Å²) in [5.74, 6) is 0. The van der Waals surface area contributed by atoms with Gasteiger partial charge in [-0.3, -0.25) is 0 Å². The van der Waals surface area contributed by atoms with Crippen molar-refractivity contribution in [2.75, 3.05) is 19.6 Å². The topological polar surface area (TPSA) is 41.6 Å². The number of rotatable bonds is 6. The molecule has 1 amide bonds. The second-order valence-corrected chi connectivity index (χ2v) is 8.33. The molecule has 0 spiro atoms.